The van der Waals surface area contributed by atoms with Gasteiger partial charge in [-0.15, -0.1) is 0 Å². The van der Waals surface area contributed by atoms with Crippen LogP contribution < -0.4 is 24.3 Å². The topological polar surface area (TPSA) is 66.0 Å². The van der Waals surface area contributed by atoms with E-state index in [0.717, 1.165) is 33.8 Å². The number of ether oxygens (including phenoxy) is 4. The Balaban J connectivity index is 1.33. The van der Waals surface area contributed by atoms with Gasteiger partial charge in [-0.05, 0) is 55.2 Å². The van der Waals surface area contributed by atoms with E-state index in [0.29, 0.717) is 30.9 Å². The molecule has 0 saturated carbocycles. The molecule has 2 atom stereocenters. The van der Waals surface area contributed by atoms with E-state index < -0.39 is 0 Å². The van der Waals surface area contributed by atoms with Crippen LogP contribution in [0.15, 0.2) is 78.4 Å². The summed E-state index contributed by atoms with van der Waals surface area (Å²) in [7, 11) is 3.22. The number of carbonyl (C=O) groups excluding carboxylic acids is 1. The lowest BCUT2D eigenvalue weighted by molar-refractivity contribution is -0.116. The number of nitrogens with one attached hydrogen (secondary N) is 1. The number of para-hydroxylation sites is 1. The molecule has 2 unspecified atom stereocenters. The zero-order valence-corrected chi connectivity index (χ0v) is 21.2. The predicted octanol–water partition coefficient (Wildman–Crippen LogP) is 5.45. The minimum Gasteiger partial charge on any atom is -0.493 e. The summed E-state index contributed by atoms with van der Waals surface area (Å²) in [6, 6.07) is 21.8. The van der Waals surface area contributed by atoms with Crippen molar-refractivity contribution in [1.82, 2.24) is 5.32 Å². The molecule has 0 spiro atoms. The molecule has 1 aliphatic heterocycles. The normalized spacial score (nSPS) is 15.4. The fourth-order valence-corrected chi connectivity index (χ4v) is 4.29. The molecule has 0 fully saturated rings. The number of hydrogen-bond acceptors (Lipinski definition) is 5. The minimum absolute atomic E-state index is 0.103. The Morgan fingerprint density at radius 2 is 1.81 bits per heavy atom. The fourth-order valence-electron chi connectivity index (χ4n) is 4.29. The van der Waals surface area contributed by atoms with E-state index in [-0.39, 0.29) is 18.1 Å². The number of methoxy groups -OCH3 is 2. The van der Waals surface area contributed by atoms with Crippen molar-refractivity contribution >= 4 is 5.91 Å². The second kappa shape index (κ2) is 11.7. The lowest BCUT2D eigenvalue weighted by atomic mass is 10.0. The summed E-state index contributed by atoms with van der Waals surface area (Å²) in [6.45, 7) is 4.47. The third-order valence-corrected chi connectivity index (χ3v) is 6.33. The Morgan fingerprint density at radius 3 is 2.56 bits per heavy atom. The molecular weight excluding hydrogens is 454 g/mol. The van der Waals surface area contributed by atoms with E-state index in [9.17, 15) is 4.79 Å². The van der Waals surface area contributed by atoms with E-state index in [2.05, 4.69) is 5.32 Å². The first-order chi connectivity index (χ1) is 17.5. The Bertz CT molecular complexity index is 1220. The monoisotopic (exact) mass is 487 g/mol. The maximum Gasteiger partial charge on any atom is 0.244 e. The molecule has 188 valence electrons. The standard InChI is InChI=1S/C30H33NO5/c1-20(17-29(32)31-16-15-22-13-14-25(33-3)28(18-22)34-4)27-19-24-11-8-12-26(30(24)36-27)35-21(2)23-9-6-5-7-10-23/h5-14,17-18,21,27H,15-16,19H2,1-4H3,(H,31,32)/b20-17+. The van der Waals surface area contributed by atoms with Gasteiger partial charge in [-0.3, -0.25) is 4.79 Å². The third kappa shape index (κ3) is 6.00. The molecule has 1 amide bonds. The number of hydrogen-bond donors (Lipinski definition) is 1. The summed E-state index contributed by atoms with van der Waals surface area (Å²) >= 11 is 0. The molecule has 4 rings (SSSR count). The van der Waals surface area contributed by atoms with Gasteiger partial charge < -0.3 is 24.3 Å². The Labute approximate surface area is 212 Å². The second-order valence-electron chi connectivity index (χ2n) is 8.84. The average molecular weight is 488 g/mol. The Hall–Kier alpha value is -3.93. The van der Waals surface area contributed by atoms with Crippen molar-refractivity contribution in [3.8, 4) is 23.0 Å². The van der Waals surface area contributed by atoms with Gasteiger partial charge in [-0.2, -0.15) is 0 Å². The molecule has 0 bridgehead atoms. The fraction of sp³-hybridized carbons (Fsp3) is 0.300. The molecule has 0 saturated heterocycles. The van der Waals surface area contributed by atoms with Gasteiger partial charge in [0.05, 0.1) is 14.2 Å². The van der Waals surface area contributed by atoms with Gasteiger partial charge >= 0.3 is 0 Å². The SMILES string of the molecule is COc1ccc(CCNC(=O)/C=C(\C)C2Cc3cccc(OC(C)c4ccccc4)c3O2)cc1OC. The van der Waals surface area contributed by atoms with Crippen LogP contribution in [0.2, 0.25) is 0 Å². The highest BCUT2D eigenvalue weighted by atomic mass is 16.5. The van der Waals surface area contributed by atoms with Crippen molar-refractivity contribution in [2.45, 2.75) is 38.9 Å². The van der Waals surface area contributed by atoms with E-state index in [4.69, 9.17) is 18.9 Å². The lowest BCUT2D eigenvalue weighted by Gasteiger charge is -2.18. The molecule has 3 aromatic rings. The van der Waals surface area contributed by atoms with Crippen LogP contribution in [0.3, 0.4) is 0 Å². The summed E-state index contributed by atoms with van der Waals surface area (Å²) in [5.74, 6) is 2.70. The van der Waals surface area contributed by atoms with Crippen LogP contribution in [0.4, 0.5) is 0 Å². The minimum atomic E-state index is -0.201. The number of benzene rings is 3. The zero-order valence-electron chi connectivity index (χ0n) is 21.2. The molecule has 0 aliphatic carbocycles. The van der Waals surface area contributed by atoms with Gasteiger partial charge in [0.25, 0.3) is 0 Å². The molecule has 6 heteroatoms. The molecule has 1 N–H and O–H groups in total. The Morgan fingerprint density at radius 1 is 1.03 bits per heavy atom. The molecule has 6 nitrogen and oxygen atoms in total. The van der Waals surface area contributed by atoms with Gasteiger partial charge in [0.1, 0.15) is 12.2 Å². The maximum absolute atomic E-state index is 12.6. The van der Waals surface area contributed by atoms with Crippen molar-refractivity contribution in [2.75, 3.05) is 20.8 Å². The van der Waals surface area contributed by atoms with Crippen molar-refractivity contribution in [3.63, 3.8) is 0 Å². The smallest absolute Gasteiger partial charge is 0.244 e. The second-order valence-corrected chi connectivity index (χ2v) is 8.84. The predicted molar refractivity (Wildman–Crippen MR) is 140 cm³/mol. The van der Waals surface area contributed by atoms with Gasteiger partial charge in [0.15, 0.2) is 23.0 Å². The zero-order chi connectivity index (χ0) is 25.5. The molecule has 36 heavy (non-hydrogen) atoms. The van der Waals surface area contributed by atoms with Crippen LogP contribution in [0, 0.1) is 0 Å². The highest BCUT2D eigenvalue weighted by Crippen LogP contribution is 2.41. The van der Waals surface area contributed by atoms with Crippen molar-refractivity contribution < 1.29 is 23.7 Å². The van der Waals surface area contributed by atoms with Crippen LogP contribution in [-0.2, 0) is 17.6 Å². The number of carbonyl (C=O) groups is 1. The van der Waals surface area contributed by atoms with Crippen LogP contribution in [0.1, 0.15) is 36.6 Å². The molecule has 1 heterocycles. The summed E-state index contributed by atoms with van der Waals surface area (Å²) < 4.78 is 23.1. The van der Waals surface area contributed by atoms with Gasteiger partial charge in [0, 0.05) is 24.6 Å². The molecule has 1 aliphatic rings. The summed E-state index contributed by atoms with van der Waals surface area (Å²) in [5.41, 5.74) is 4.11. The largest absolute Gasteiger partial charge is 0.493 e. The van der Waals surface area contributed by atoms with E-state index in [1.807, 2.05) is 80.6 Å². The summed E-state index contributed by atoms with van der Waals surface area (Å²) in [5, 5.41) is 2.96. The van der Waals surface area contributed by atoms with Crippen LogP contribution >= 0.6 is 0 Å². The first-order valence-electron chi connectivity index (χ1n) is 12.2. The average Bonchev–Trinajstić information content (AvgIpc) is 3.35. The van der Waals surface area contributed by atoms with Crippen LogP contribution in [-0.4, -0.2) is 32.8 Å². The highest BCUT2D eigenvalue weighted by molar-refractivity contribution is 5.88. The van der Waals surface area contributed by atoms with E-state index >= 15 is 0 Å². The number of amides is 1. The van der Waals surface area contributed by atoms with Gasteiger partial charge in [0.2, 0.25) is 5.91 Å². The van der Waals surface area contributed by atoms with E-state index in [1.165, 1.54) is 0 Å². The van der Waals surface area contributed by atoms with Crippen molar-refractivity contribution in [3.05, 3.63) is 95.1 Å². The highest BCUT2D eigenvalue weighted by Gasteiger charge is 2.28. The lowest BCUT2D eigenvalue weighted by Crippen LogP contribution is -2.25. The Kier molecular flexibility index (Phi) is 8.16. The first-order valence-corrected chi connectivity index (χ1v) is 12.2. The van der Waals surface area contributed by atoms with Crippen molar-refractivity contribution in [1.29, 1.82) is 0 Å². The quantitative estimate of drug-likeness (QED) is 0.385. The maximum atomic E-state index is 12.6. The molecular formula is C30H33NO5. The first kappa shape index (κ1) is 25.2. The van der Waals surface area contributed by atoms with Crippen molar-refractivity contribution in [2.24, 2.45) is 0 Å². The molecule has 3 aromatic carbocycles. The molecule has 0 aromatic heterocycles. The van der Waals surface area contributed by atoms with Gasteiger partial charge in [-0.1, -0.05) is 48.5 Å². The number of fused-ring (bicyclic) bond motifs is 1. The van der Waals surface area contributed by atoms with E-state index in [1.54, 1.807) is 20.3 Å². The van der Waals surface area contributed by atoms with Gasteiger partial charge in [-0.25, -0.2) is 0 Å². The van der Waals surface area contributed by atoms with Crippen LogP contribution in [0.25, 0.3) is 0 Å². The molecule has 0 radical (unpaired) electrons. The summed E-state index contributed by atoms with van der Waals surface area (Å²) in [6.07, 6.45) is 2.71. The number of rotatable bonds is 10. The third-order valence-electron chi connectivity index (χ3n) is 6.33. The van der Waals surface area contributed by atoms with Crippen LogP contribution in [0.5, 0.6) is 23.0 Å². The summed E-state index contributed by atoms with van der Waals surface area (Å²) in [4.78, 5) is 12.6.